The average molecular weight is 518 g/mol. The molecule has 2 N–H and O–H groups in total. The molecule has 0 saturated carbocycles. The topological polar surface area (TPSA) is 52.6 Å². The molecule has 0 bridgehead atoms. The van der Waals surface area contributed by atoms with Crippen LogP contribution in [0.15, 0.2) is 47.6 Å². The molecule has 0 aliphatic carbocycles. The van der Waals surface area contributed by atoms with Crippen LogP contribution in [0, 0.1) is 5.82 Å². The summed E-state index contributed by atoms with van der Waals surface area (Å²) in [5.74, 6) is 0.929. The van der Waals surface area contributed by atoms with Crippen molar-refractivity contribution in [2.24, 2.45) is 4.99 Å². The van der Waals surface area contributed by atoms with Crippen LogP contribution in [0.25, 0.3) is 0 Å². The van der Waals surface area contributed by atoms with Crippen LogP contribution in [-0.2, 0) is 6.42 Å². The maximum absolute atomic E-state index is 13.9. The van der Waals surface area contributed by atoms with Crippen molar-refractivity contribution in [1.82, 2.24) is 15.6 Å². The van der Waals surface area contributed by atoms with Crippen LogP contribution in [-0.4, -0.2) is 43.2 Å². The zero-order valence-electron chi connectivity index (χ0n) is 15.9. The van der Waals surface area contributed by atoms with E-state index in [-0.39, 0.29) is 35.8 Å². The number of nitrogens with one attached hydrogen (secondary N) is 2. The van der Waals surface area contributed by atoms with E-state index in [4.69, 9.17) is 11.6 Å². The third kappa shape index (κ3) is 6.48. The van der Waals surface area contributed by atoms with Gasteiger partial charge in [0.1, 0.15) is 0 Å². The Balaban J connectivity index is 0.00000280. The monoisotopic (exact) mass is 517 g/mol. The number of nitrogens with zero attached hydrogens (tertiary/aromatic N) is 3. The van der Waals surface area contributed by atoms with Gasteiger partial charge in [-0.2, -0.15) is 0 Å². The molecule has 2 aromatic rings. The number of pyridine rings is 1. The molecule has 152 valence electrons. The molecule has 1 saturated heterocycles. The van der Waals surface area contributed by atoms with E-state index >= 15 is 0 Å². The van der Waals surface area contributed by atoms with Gasteiger partial charge in [-0.15, -0.1) is 24.0 Å². The Morgan fingerprint density at radius 2 is 2.21 bits per heavy atom. The first-order valence-electron chi connectivity index (χ1n) is 9.30. The lowest BCUT2D eigenvalue weighted by molar-refractivity contribution is 0.612. The summed E-state index contributed by atoms with van der Waals surface area (Å²) in [4.78, 5) is 10.8. The highest BCUT2D eigenvalue weighted by Gasteiger charge is 2.25. The van der Waals surface area contributed by atoms with Crippen molar-refractivity contribution in [3.8, 4) is 0 Å². The zero-order chi connectivity index (χ0) is 19.1. The Hall–Kier alpha value is -1.61. The van der Waals surface area contributed by atoms with Crippen LogP contribution in [0.3, 0.4) is 0 Å². The van der Waals surface area contributed by atoms with Crippen molar-refractivity contribution in [2.45, 2.75) is 25.8 Å². The summed E-state index contributed by atoms with van der Waals surface area (Å²) in [5, 5.41) is 7.48. The van der Waals surface area contributed by atoms with Gasteiger partial charge in [0.05, 0.1) is 0 Å². The number of hydrogen-bond donors (Lipinski definition) is 2. The predicted octanol–water partition coefficient (Wildman–Crippen LogP) is 3.87. The molecular formula is C20H26ClFIN5. The molecule has 1 aliphatic rings. The number of rotatable bonds is 6. The lowest BCUT2D eigenvalue weighted by atomic mass is 10.1. The Morgan fingerprint density at radius 3 is 2.96 bits per heavy atom. The van der Waals surface area contributed by atoms with Crippen LogP contribution < -0.4 is 15.5 Å². The minimum atomic E-state index is -0.278. The van der Waals surface area contributed by atoms with E-state index in [1.807, 2.05) is 30.0 Å². The number of aliphatic imine (C=N–C) groups is 1. The first-order valence-corrected chi connectivity index (χ1v) is 9.68. The second-order valence-corrected chi connectivity index (χ2v) is 6.96. The molecule has 1 fully saturated rings. The van der Waals surface area contributed by atoms with Gasteiger partial charge < -0.3 is 15.5 Å². The minimum absolute atomic E-state index is 0. The first kappa shape index (κ1) is 22.7. The van der Waals surface area contributed by atoms with Gasteiger partial charge >= 0.3 is 0 Å². The second-order valence-electron chi connectivity index (χ2n) is 6.53. The molecule has 1 aliphatic heterocycles. The number of benzene rings is 1. The normalized spacial score (nSPS) is 16.6. The summed E-state index contributed by atoms with van der Waals surface area (Å²) < 4.78 is 13.9. The van der Waals surface area contributed by atoms with Crippen molar-refractivity contribution in [1.29, 1.82) is 0 Å². The zero-order valence-corrected chi connectivity index (χ0v) is 19.0. The molecule has 5 nitrogen and oxygen atoms in total. The largest absolute Gasteiger partial charge is 0.357 e. The highest BCUT2D eigenvalue weighted by molar-refractivity contribution is 14.0. The molecular weight excluding hydrogens is 492 g/mol. The van der Waals surface area contributed by atoms with Crippen molar-refractivity contribution >= 4 is 47.4 Å². The standard InChI is InChI=1S/C20H25ClFN5.HI/c1-2-23-20(25-11-8-15-5-3-6-16(21)13-15)26-17-9-12-27(14-17)19-18(22)7-4-10-24-19;/h3-7,10,13,17H,2,8-9,11-12,14H2,1H3,(H2,23,25,26);1H. The molecule has 0 amide bonds. The fraction of sp³-hybridized carbons (Fsp3) is 0.400. The summed E-state index contributed by atoms with van der Waals surface area (Å²) in [6, 6.07) is 11.1. The van der Waals surface area contributed by atoms with Gasteiger partial charge in [-0.05, 0) is 49.6 Å². The Bertz CT molecular complexity index is 789. The Labute approximate surface area is 187 Å². The van der Waals surface area contributed by atoms with Gasteiger partial charge in [-0.25, -0.2) is 9.37 Å². The maximum Gasteiger partial charge on any atom is 0.191 e. The number of hydrogen-bond acceptors (Lipinski definition) is 3. The van der Waals surface area contributed by atoms with E-state index in [2.05, 4.69) is 26.7 Å². The third-order valence-corrected chi connectivity index (χ3v) is 4.71. The maximum atomic E-state index is 13.9. The van der Waals surface area contributed by atoms with E-state index < -0.39 is 0 Å². The fourth-order valence-corrected chi connectivity index (χ4v) is 3.40. The summed E-state index contributed by atoms with van der Waals surface area (Å²) in [7, 11) is 0. The quantitative estimate of drug-likeness (QED) is 0.347. The van der Waals surface area contributed by atoms with E-state index in [1.165, 1.54) is 11.6 Å². The van der Waals surface area contributed by atoms with Gasteiger partial charge in [0.15, 0.2) is 17.6 Å². The minimum Gasteiger partial charge on any atom is -0.357 e. The van der Waals surface area contributed by atoms with E-state index in [9.17, 15) is 4.39 Å². The van der Waals surface area contributed by atoms with Crippen molar-refractivity contribution in [3.63, 3.8) is 0 Å². The van der Waals surface area contributed by atoms with Gasteiger partial charge in [0.25, 0.3) is 0 Å². The molecule has 0 spiro atoms. The third-order valence-electron chi connectivity index (χ3n) is 4.47. The van der Waals surface area contributed by atoms with Gasteiger partial charge in [-0.1, -0.05) is 23.7 Å². The van der Waals surface area contributed by atoms with Crippen LogP contribution in [0.4, 0.5) is 10.2 Å². The van der Waals surface area contributed by atoms with Crippen molar-refractivity contribution in [3.05, 3.63) is 59.0 Å². The van der Waals surface area contributed by atoms with E-state index in [0.29, 0.717) is 18.9 Å². The fourth-order valence-electron chi connectivity index (χ4n) is 3.18. The van der Waals surface area contributed by atoms with Crippen LogP contribution in [0.5, 0.6) is 0 Å². The van der Waals surface area contributed by atoms with Crippen LogP contribution in [0.2, 0.25) is 5.02 Å². The predicted molar refractivity (Wildman–Crippen MR) is 124 cm³/mol. The molecule has 1 aromatic heterocycles. The molecule has 0 radical (unpaired) electrons. The molecule has 1 unspecified atom stereocenters. The molecule has 8 heteroatoms. The summed E-state index contributed by atoms with van der Waals surface area (Å²) in [6.45, 7) is 4.97. The van der Waals surface area contributed by atoms with E-state index in [1.54, 1.807) is 12.3 Å². The van der Waals surface area contributed by atoms with Gasteiger partial charge in [-0.3, -0.25) is 4.99 Å². The van der Waals surface area contributed by atoms with Crippen molar-refractivity contribution < 1.29 is 4.39 Å². The highest BCUT2D eigenvalue weighted by Crippen LogP contribution is 2.20. The summed E-state index contributed by atoms with van der Waals surface area (Å²) in [5.41, 5.74) is 1.17. The van der Waals surface area contributed by atoms with Gasteiger partial charge in [0.2, 0.25) is 0 Å². The number of halogens is 3. The summed E-state index contributed by atoms with van der Waals surface area (Å²) in [6.07, 6.45) is 3.36. The molecule has 2 heterocycles. The Kier molecular flexibility index (Phi) is 9.24. The molecule has 1 atom stereocenters. The molecule has 3 rings (SSSR count). The Morgan fingerprint density at radius 1 is 1.36 bits per heavy atom. The second kappa shape index (κ2) is 11.4. The lowest BCUT2D eigenvalue weighted by Gasteiger charge is -2.20. The smallest absolute Gasteiger partial charge is 0.191 e. The van der Waals surface area contributed by atoms with Gasteiger partial charge in [0, 0.05) is 43.4 Å². The summed E-state index contributed by atoms with van der Waals surface area (Å²) >= 11 is 6.03. The SMILES string of the molecule is CCNC(=NCCc1cccc(Cl)c1)NC1CCN(c2ncccc2F)C1.I. The number of guanidine groups is 1. The number of aromatic nitrogens is 1. The number of anilines is 1. The van der Waals surface area contributed by atoms with Crippen LogP contribution >= 0.6 is 35.6 Å². The average Bonchev–Trinajstić information content (AvgIpc) is 3.10. The first-order chi connectivity index (χ1) is 13.2. The lowest BCUT2D eigenvalue weighted by Crippen LogP contribution is -2.44. The molecule has 1 aromatic carbocycles. The van der Waals surface area contributed by atoms with Crippen LogP contribution in [0.1, 0.15) is 18.9 Å². The van der Waals surface area contributed by atoms with Crippen molar-refractivity contribution in [2.75, 3.05) is 31.1 Å². The van der Waals surface area contributed by atoms with E-state index in [0.717, 1.165) is 36.9 Å². The molecule has 28 heavy (non-hydrogen) atoms. The highest BCUT2D eigenvalue weighted by atomic mass is 127.